The number of ether oxygens (including phenoxy) is 2. The summed E-state index contributed by atoms with van der Waals surface area (Å²) in [5.41, 5.74) is 2.26. The molecule has 26 heavy (non-hydrogen) atoms. The van der Waals surface area contributed by atoms with Crippen molar-refractivity contribution in [2.75, 3.05) is 43.2 Å². The number of nitriles is 1. The fourth-order valence-corrected chi connectivity index (χ4v) is 3.17. The summed E-state index contributed by atoms with van der Waals surface area (Å²) in [4.78, 5) is 16.4. The van der Waals surface area contributed by atoms with E-state index in [0.29, 0.717) is 48.9 Å². The number of nitrogens with zero attached hydrogens (tertiary/aromatic N) is 3. The van der Waals surface area contributed by atoms with E-state index in [0.717, 1.165) is 5.69 Å². The van der Waals surface area contributed by atoms with Crippen LogP contribution in [0.2, 0.25) is 0 Å². The van der Waals surface area contributed by atoms with Crippen LogP contribution in [0.3, 0.4) is 0 Å². The number of carbonyl (C=O) groups excluding carboxylic acids is 1. The largest absolute Gasteiger partial charge is 0.454 e. The van der Waals surface area contributed by atoms with Crippen LogP contribution in [0.5, 0.6) is 11.5 Å². The Kier molecular flexibility index (Phi) is 4.23. The van der Waals surface area contributed by atoms with E-state index in [2.05, 4.69) is 16.3 Å². The van der Waals surface area contributed by atoms with E-state index < -0.39 is 0 Å². The molecule has 0 aliphatic carbocycles. The molecule has 0 radical (unpaired) electrons. The van der Waals surface area contributed by atoms with Crippen LogP contribution in [0, 0.1) is 11.3 Å². The summed E-state index contributed by atoms with van der Waals surface area (Å²) >= 11 is 0. The van der Waals surface area contributed by atoms with Crippen LogP contribution >= 0.6 is 0 Å². The van der Waals surface area contributed by atoms with Gasteiger partial charge in [0.15, 0.2) is 11.5 Å². The summed E-state index contributed by atoms with van der Waals surface area (Å²) in [6.45, 7) is 2.77. The van der Waals surface area contributed by atoms with Crippen molar-refractivity contribution >= 4 is 17.4 Å². The maximum atomic E-state index is 12.5. The molecule has 0 aromatic heterocycles. The van der Waals surface area contributed by atoms with Gasteiger partial charge in [0.2, 0.25) is 6.79 Å². The molecule has 4 rings (SSSR count). The first-order chi connectivity index (χ1) is 12.7. The highest BCUT2D eigenvalue weighted by molar-refractivity contribution is 5.90. The lowest BCUT2D eigenvalue weighted by molar-refractivity contribution is 0.174. The van der Waals surface area contributed by atoms with Crippen molar-refractivity contribution in [2.24, 2.45) is 0 Å². The number of hydrogen-bond acceptors (Lipinski definition) is 5. The number of rotatable bonds is 2. The van der Waals surface area contributed by atoms with E-state index in [1.807, 2.05) is 24.3 Å². The fourth-order valence-electron chi connectivity index (χ4n) is 3.17. The molecule has 2 aliphatic rings. The number of piperazine rings is 1. The van der Waals surface area contributed by atoms with Crippen molar-refractivity contribution in [3.63, 3.8) is 0 Å². The van der Waals surface area contributed by atoms with Crippen LogP contribution in [0.4, 0.5) is 16.2 Å². The lowest BCUT2D eigenvalue weighted by Crippen LogP contribution is -2.50. The van der Waals surface area contributed by atoms with Crippen LogP contribution < -0.4 is 19.7 Å². The van der Waals surface area contributed by atoms with Crippen LogP contribution in [0.25, 0.3) is 0 Å². The lowest BCUT2D eigenvalue weighted by atomic mass is 10.1. The van der Waals surface area contributed by atoms with Gasteiger partial charge in [0.25, 0.3) is 0 Å². The second-order valence-corrected chi connectivity index (χ2v) is 6.10. The molecule has 0 unspecified atom stereocenters. The molecule has 2 aromatic rings. The first-order valence-corrected chi connectivity index (χ1v) is 8.44. The van der Waals surface area contributed by atoms with E-state index in [-0.39, 0.29) is 12.8 Å². The lowest BCUT2D eigenvalue weighted by Gasteiger charge is -2.36. The van der Waals surface area contributed by atoms with Gasteiger partial charge in [-0.3, -0.25) is 0 Å². The van der Waals surface area contributed by atoms with Gasteiger partial charge in [0.05, 0.1) is 11.3 Å². The number of benzene rings is 2. The first kappa shape index (κ1) is 16.1. The summed E-state index contributed by atoms with van der Waals surface area (Å²) in [5.74, 6) is 1.33. The van der Waals surface area contributed by atoms with E-state index in [1.54, 1.807) is 23.1 Å². The third kappa shape index (κ3) is 3.09. The summed E-state index contributed by atoms with van der Waals surface area (Å²) in [7, 11) is 0. The van der Waals surface area contributed by atoms with Gasteiger partial charge in [-0.2, -0.15) is 5.26 Å². The van der Waals surface area contributed by atoms with Gasteiger partial charge >= 0.3 is 6.03 Å². The molecule has 2 amide bonds. The second kappa shape index (κ2) is 6.84. The predicted molar refractivity (Wildman–Crippen MR) is 96.5 cm³/mol. The van der Waals surface area contributed by atoms with Gasteiger partial charge in [-0.15, -0.1) is 0 Å². The first-order valence-electron chi connectivity index (χ1n) is 8.44. The molecule has 7 nitrogen and oxygen atoms in total. The number of carbonyl (C=O) groups is 1. The number of urea groups is 1. The normalized spacial score (nSPS) is 15.5. The standard InChI is InChI=1S/C19H18N4O3/c20-12-14-3-1-2-4-16(14)22-7-9-23(10-8-22)19(24)21-15-5-6-17-18(11-15)26-13-25-17/h1-6,11H,7-10,13H2,(H,21,24). The van der Waals surface area contributed by atoms with Gasteiger partial charge < -0.3 is 24.6 Å². The average molecular weight is 350 g/mol. The molecule has 1 fully saturated rings. The minimum absolute atomic E-state index is 0.142. The monoisotopic (exact) mass is 350 g/mol. The van der Waals surface area contributed by atoms with Gasteiger partial charge in [0, 0.05) is 37.9 Å². The van der Waals surface area contributed by atoms with E-state index >= 15 is 0 Å². The van der Waals surface area contributed by atoms with E-state index in [1.165, 1.54) is 0 Å². The Morgan fingerprint density at radius 1 is 1.04 bits per heavy atom. The number of fused-ring (bicyclic) bond motifs is 1. The Bertz CT molecular complexity index is 869. The summed E-state index contributed by atoms with van der Waals surface area (Å²) in [6.07, 6.45) is 0. The minimum Gasteiger partial charge on any atom is -0.454 e. The highest BCUT2D eigenvalue weighted by Crippen LogP contribution is 2.34. The molecule has 2 aromatic carbocycles. The highest BCUT2D eigenvalue weighted by Gasteiger charge is 2.23. The molecule has 0 saturated carbocycles. The zero-order chi connectivity index (χ0) is 17.9. The molecule has 2 aliphatic heterocycles. The number of amides is 2. The molecule has 7 heteroatoms. The molecule has 132 valence electrons. The fraction of sp³-hybridized carbons (Fsp3) is 0.263. The van der Waals surface area contributed by atoms with Crippen molar-refractivity contribution in [1.29, 1.82) is 5.26 Å². The van der Waals surface area contributed by atoms with Crippen LogP contribution in [0.1, 0.15) is 5.56 Å². The zero-order valence-electron chi connectivity index (χ0n) is 14.1. The van der Waals surface area contributed by atoms with Crippen LogP contribution in [-0.4, -0.2) is 43.9 Å². The summed E-state index contributed by atoms with van der Waals surface area (Å²) < 4.78 is 10.6. The third-order valence-corrected chi connectivity index (χ3v) is 4.56. The Balaban J connectivity index is 1.37. The molecule has 2 heterocycles. The summed E-state index contributed by atoms with van der Waals surface area (Å²) in [6, 6.07) is 15.0. The van der Waals surface area contributed by atoms with Crippen LogP contribution in [0.15, 0.2) is 42.5 Å². The molecular weight excluding hydrogens is 332 g/mol. The van der Waals surface area contributed by atoms with Crippen molar-refractivity contribution in [2.45, 2.75) is 0 Å². The Morgan fingerprint density at radius 2 is 1.81 bits per heavy atom. The highest BCUT2D eigenvalue weighted by atomic mass is 16.7. The summed E-state index contributed by atoms with van der Waals surface area (Å²) in [5, 5.41) is 12.1. The molecule has 1 saturated heterocycles. The molecular formula is C19H18N4O3. The van der Waals surface area contributed by atoms with Crippen molar-refractivity contribution in [1.82, 2.24) is 4.90 Å². The number of nitrogens with one attached hydrogen (secondary N) is 1. The SMILES string of the molecule is N#Cc1ccccc1N1CCN(C(=O)Nc2ccc3c(c2)OCO3)CC1. The van der Waals surface area contributed by atoms with Crippen molar-refractivity contribution in [3.05, 3.63) is 48.0 Å². The van der Waals surface area contributed by atoms with Crippen LogP contribution in [-0.2, 0) is 0 Å². The second-order valence-electron chi connectivity index (χ2n) is 6.10. The molecule has 0 atom stereocenters. The quantitative estimate of drug-likeness (QED) is 0.901. The Labute approximate surface area is 151 Å². The van der Waals surface area contributed by atoms with Crippen molar-refractivity contribution < 1.29 is 14.3 Å². The van der Waals surface area contributed by atoms with E-state index in [4.69, 9.17) is 9.47 Å². The molecule has 0 bridgehead atoms. The maximum Gasteiger partial charge on any atom is 0.321 e. The number of anilines is 2. The number of hydrogen-bond donors (Lipinski definition) is 1. The molecule has 1 N–H and O–H groups in total. The minimum atomic E-state index is -0.142. The predicted octanol–water partition coefficient (Wildman–Crippen LogP) is 2.64. The van der Waals surface area contributed by atoms with E-state index in [9.17, 15) is 10.1 Å². The smallest absolute Gasteiger partial charge is 0.321 e. The van der Waals surface area contributed by atoms with Gasteiger partial charge in [-0.25, -0.2) is 4.79 Å². The van der Waals surface area contributed by atoms with Gasteiger partial charge in [0.1, 0.15) is 6.07 Å². The topological polar surface area (TPSA) is 77.8 Å². The Morgan fingerprint density at radius 3 is 2.62 bits per heavy atom. The van der Waals surface area contributed by atoms with Gasteiger partial charge in [-0.05, 0) is 24.3 Å². The molecule has 0 spiro atoms. The van der Waals surface area contributed by atoms with Gasteiger partial charge in [-0.1, -0.05) is 12.1 Å². The maximum absolute atomic E-state index is 12.5. The Hall–Kier alpha value is -3.40. The zero-order valence-corrected chi connectivity index (χ0v) is 14.1. The van der Waals surface area contributed by atoms with Crippen molar-refractivity contribution in [3.8, 4) is 17.6 Å². The average Bonchev–Trinajstić information content (AvgIpc) is 3.16. The third-order valence-electron chi connectivity index (χ3n) is 4.56. The number of para-hydroxylation sites is 1.